The van der Waals surface area contributed by atoms with Crippen LogP contribution in [-0.4, -0.2) is 65.7 Å². The highest BCUT2D eigenvalue weighted by atomic mass is 16.5. The lowest BCUT2D eigenvalue weighted by atomic mass is 10.2. The molecule has 0 spiro atoms. The number of hydrogen-bond acceptors (Lipinski definition) is 4. The van der Waals surface area contributed by atoms with E-state index < -0.39 is 0 Å². The number of hydrogen-bond donors (Lipinski definition) is 0. The Labute approximate surface area is 207 Å². The van der Waals surface area contributed by atoms with E-state index in [0.29, 0.717) is 6.54 Å². The average molecular weight is 468 g/mol. The van der Waals surface area contributed by atoms with E-state index in [1.54, 1.807) is 0 Å². The second-order valence-electron chi connectivity index (χ2n) is 9.29. The summed E-state index contributed by atoms with van der Waals surface area (Å²) < 4.78 is 8.15. The van der Waals surface area contributed by atoms with E-state index in [9.17, 15) is 4.79 Å². The monoisotopic (exact) mass is 467 g/mol. The van der Waals surface area contributed by atoms with Gasteiger partial charge in [0, 0.05) is 68.0 Å². The fourth-order valence-corrected chi connectivity index (χ4v) is 5.12. The molecule has 5 nitrogen and oxygen atoms in total. The summed E-state index contributed by atoms with van der Waals surface area (Å²) in [4.78, 5) is 16.9. The van der Waals surface area contributed by atoms with E-state index in [1.165, 1.54) is 34.3 Å². The first kappa shape index (κ1) is 23.3. The van der Waals surface area contributed by atoms with E-state index in [2.05, 4.69) is 99.3 Å². The van der Waals surface area contributed by atoms with Crippen molar-refractivity contribution in [2.45, 2.75) is 19.6 Å². The third kappa shape index (κ3) is 5.64. The van der Waals surface area contributed by atoms with E-state index >= 15 is 0 Å². The Morgan fingerprint density at radius 2 is 1.37 bits per heavy atom. The van der Waals surface area contributed by atoms with Gasteiger partial charge in [-0.15, -0.1) is 0 Å². The van der Waals surface area contributed by atoms with Gasteiger partial charge in [-0.2, -0.15) is 0 Å². The number of carbonyl (C=O) groups is 1. The van der Waals surface area contributed by atoms with E-state index in [0.717, 1.165) is 39.3 Å². The van der Waals surface area contributed by atoms with Crippen molar-refractivity contribution in [1.29, 1.82) is 0 Å². The number of piperazine rings is 1. The summed E-state index contributed by atoms with van der Waals surface area (Å²) in [5.41, 5.74) is 3.60. The van der Waals surface area contributed by atoms with Crippen molar-refractivity contribution in [3.05, 3.63) is 90.5 Å². The fraction of sp³-hybridized carbons (Fsp3) is 0.300. The van der Waals surface area contributed by atoms with Crippen LogP contribution in [0.3, 0.4) is 0 Å². The third-order valence-corrected chi connectivity index (χ3v) is 6.80. The van der Waals surface area contributed by atoms with Crippen LogP contribution in [0.2, 0.25) is 0 Å². The molecule has 0 amide bonds. The van der Waals surface area contributed by atoms with Crippen LogP contribution >= 0.6 is 0 Å². The Morgan fingerprint density at radius 1 is 0.800 bits per heavy atom. The maximum atomic E-state index is 12.0. The summed E-state index contributed by atoms with van der Waals surface area (Å²) in [7, 11) is 0. The first-order valence-corrected chi connectivity index (χ1v) is 12.5. The van der Waals surface area contributed by atoms with Crippen LogP contribution in [0.5, 0.6) is 0 Å². The van der Waals surface area contributed by atoms with Crippen molar-refractivity contribution in [2.24, 2.45) is 0 Å². The number of rotatable bonds is 8. The lowest BCUT2D eigenvalue weighted by Crippen LogP contribution is -2.49. The minimum absolute atomic E-state index is 0.198. The first-order chi connectivity index (χ1) is 17.2. The number of carbonyl (C=O) groups excluding carboxylic acids is 1. The maximum Gasteiger partial charge on any atom is 0.303 e. The second kappa shape index (κ2) is 10.9. The number of fused-ring (bicyclic) bond motifs is 3. The van der Waals surface area contributed by atoms with Gasteiger partial charge >= 0.3 is 5.97 Å². The number of aromatic nitrogens is 1. The molecule has 35 heavy (non-hydrogen) atoms. The molecule has 1 aromatic heterocycles. The summed E-state index contributed by atoms with van der Waals surface area (Å²) in [6.45, 7) is 7.84. The smallest absolute Gasteiger partial charge is 0.303 e. The minimum atomic E-state index is -0.222. The molecule has 0 aliphatic carbocycles. The second-order valence-corrected chi connectivity index (χ2v) is 9.29. The number of ether oxygens (including phenoxy) is 1. The van der Waals surface area contributed by atoms with E-state index in [1.807, 2.05) is 6.07 Å². The molecule has 0 bridgehead atoms. The summed E-state index contributed by atoms with van der Waals surface area (Å²) in [5.74, 6) is -0.222. The summed E-state index contributed by atoms with van der Waals surface area (Å²) in [6.07, 6.45) is 4.24. The Bertz CT molecular complexity index is 1250. The van der Waals surface area contributed by atoms with Crippen LogP contribution in [0.25, 0.3) is 27.9 Å². The molecule has 5 rings (SSSR count). The average Bonchev–Trinajstić information content (AvgIpc) is 3.19. The molecule has 1 unspecified atom stereocenters. The van der Waals surface area contributed by atoms with Gasteiger partial charge in [0.25, 0.3) is 0 Å². The Morgan fingerprint density at radius 3 is 2.00 bits per heavy atom. The van der Waals surface area contributed by atoms with Crippen molar-refractivity contribution in [1.82, 2.24) is 14.4 Å². The molecule has 1 aliphatic heterocycles. The van der Waals surface area contributed by atoms with Gasteiger partial charge in [0.15, 0.2) is 0 Å². The Kier molecular flexibility index (Phi) is 7.26. The van der Waals surface area contributed by atoms with Gasteiger partial charge in [0.1, 0.15) is 6.10 Å². The van der Waals surface area contributed by atoms with Crippen molar-refractivity contribution < 1.29 is 9.53 Å². The van der Waals surface area contributed by atoms with Crippen molar-refractivity contribution in [3.63, 3.8) is 0 Å². The number of esters is 1. The topological polar surface area (TPSA) is 37.7 Å². The molecule has 5 heteroatoms. The molecule has 180 valence electrons. The molecule has 1 saturated heterocycles. The highest BCUT2D eigenvalue weighted by Crippen LogP contribution is 2.29. The largest absolute Gasteiger partial charge is 0.459 e. The van der Waals surface area contributed by atoms with Crippen molar-refractivity contribution in [2.75, 3.05) is 39.3 Å². The first-order valence-electron chi connectivity index (χ1n) is 12.5. The Hall–Kier alpha value is -3.41. The van der Waals surface area contributed by atoms with Gasteiger partial charge in [-0.3, -0.25) is 14.6 Å². The Balaban J connectivity index is 1.24. The van der Waals surface area contributed by atoms with Gasteiger partial charge in [0.2, 0.25) is 0 Å². The molecule has 1 aliphatic rings. The molecule has 1 atom stereocenters. The molecule has 0 radical (unpaired) electrons. The lowest BCUT2D eigenvalue weighted by molar-refractivity contribution is -0.148. The van der Waals surface area contributed by atoms with Crippen LogP contribution in [0.1, 0.15) is 12.5 Å². The highest BCUT2D eigenvalue weighted by Gasteiger charge is 2.23. The molecule has 0 saturated carbocycles. The zero-order valence-corrected chi connectivity index (χ0v) is 20.3. The summed E-state index contributed by atoms with van der Waals surface area (Å²) in [5, 5.41) is 2.48. The van der Waals surface area contributed by atoms with Crippen LogP contribution in [0.15, 0.2) is 84.9 Å². The van der Waals surface area contributed by atoms with Crippen molar-refractivity contribution in [3.8, 4) is 0 Å². The molecule has 1 fully saturated rings. The van der Waals surface area contributed by atoms with Crippen LogP contribution in [0.4, 0.5) is 0 Å². The van der Waals surface area contributed by atoms with E-state index in [4.69, 9.17) is 4.74 Å². The van der Waals surface area contributed by atoms with Gasteiger partial charge in [-0.1, -0.05) is 78.9 Å². The SMILES string of the molecule is CC(=O)OC(CN1CCN(C/C=C/c2ccccc2)CC1)Cn1c2ccccc2c2ccccc21. The predicted octanol–water partition coefficient (Wildman–Crippen LogP) is 5.06. The van der Waals surface area contributed by atoms with Gasteiger partial charge in [-0.05, 0) is 17.7 Å². The number of benzene rings is 3. The predicted molar refractivity (Wildman–Crippen MR) is 143 cm³/mol. The van der Waals surface area contributed by atoms with Gasteiger partial charge < -0.3 is 9.30 Å². The van der Waals surface area contributed by atoms with Gasteiger partial charge in [0.05, 0.1) is 6.54 Å². The minimum Gasteiger partial charge on any atom is -0.459 e. The maximum absolute atomic E-state index is 12.0. The zero-order chi connectivity index (χ0) is 24.0. The fourth-order valence-electron chi connectivity index (χ4n) is 5.12. The summed E-state index contributed by atoms with van der Waals surface area (Å²) in [6, 6.07) is 27.4. The summed E-state index contributed by atoms with van der Waals surface area (Å²) >= 11 is 0. The lowest BCUT2D eigenvalue weighted by Gasteiger charge is -2.36. The quantitative estimate of drug-likeness (QED) is 0.340. The zero-order valence-electron chi connectivity index (χ0n) is 20.3. The number of para-hydroxylation sites is 2. The van der Waals surface area contributed by atoms with Crippen LogP contribution in [0, 0.1) is 0 Å². The highest BCUT2D eigenvalue weighted by molar-refractivity contribution is 6.07. The normalized spacial score (nSPS) is 16.3. The molecular formula is C30H33N3O2. The molecule has 2 heterocycles. The standard InChI is InChI=1S/C30H33N3O2/c1-24(34)35-26(23-33-29-15-7-5-13-27(29)28-14-6-8-16-30(28)33)22-32-20-18-31(19-21-32)17-9-12-25-10-3-2-4-11-25/h2-16,26H,17-23H2,1H3/b12-9+. The molecule has 0 N–H and O–H groups in total. The van der Waals surface area contributed by atoms with Crippen molar-refractivity contribution >= 4 is 33.9 Å². The molecule has 3 aromatic carbocycles. The molecular weight excluding hydrogens is 434 g/mol. The third-order valence-electron chi connectivity index (χ3n) is 6.80. The number of nitrogens with zero attached hydrogens (tertiary/aromatic N) is 3. The van der Waals surface area contributed by atoms with Crippen LogP contribution < -0.4 is 0 Å². The van der Waals surface area contributed by atoms with Crippen LogP contribution in [-0.2, 0) is 16.1 Å². The molecule has 4 aromatic rings. The van der Waals surface area contributed by atoms with E-state index in [-0.39, 0.29) is 12.1 Å². The van der Waals surface area contributed by atoms with Gasteiger partial charge in [-0.25, -0.2) is 0 Å².